The number of nitrogens with one attached hydrogen (secondary N) is 1. The summed E-state index contributed by atoms with van der Waals surface area (Å²) in [7, 11) is 0. The van der Waals surface area contributed by atoms with E-state index in [9.17, 15) is 9.18 Å². The highest BCUT2D eigenvalue weighted by Crippen LogP contribution is 2.19. The van der Waals surface area contributed by atoms with E-state index in [1.54, 1.807) is 6.07 Å². The van der Waals surface area contributed by atoms with E-state index in [4.69, 9.17) is 4.52 Å². The zero-order chi connectivity index (χ0) is 15.4. The lowest BCUT2D eigenvalue weighted by Gasteiger charge is -2.03. The van der Waals surface area contributed by atoms with Crippen LogP contribution in [0.2, 0.25) is 0 Å². The molecule has 6 heteroatoms. The van der Waals surface area contributed by atoms with Gasteiger partial charge in [0.15, 0.2) is 11.6 Å². The Bertz CT molecular complexity index is 787. The molecule has 0 aliphatic heterocycles. The third-order valence-electron chi connectivity index (χ3n) is 3.06. The van der Waals surface area contributed by atoms with E-state index < -0.39 is 11.7 Å². The Morgan fingerprint density at radius 3 is 2.82 bits per heavy atom. The van der Waals surface area contributed by atoms with Gasteiger partial charge < -0.3 is 9.84 Å². The van der Waals surface area contributed by atoms with Crippen LogP contribution in [-0.4, -0.2) is 16.0 Å². The number of pyridine rings is 1. The summed E-state index contributed by atoms with van der Waals surface area (Å²) in [4.78, 5) is 15.5. The van der Waals surface area contributed by atoms with Crippen molar-refractivity contribution in [3.05, 3.63) is 71.9 Å². The molecule has 0 fully saturated rings. The van der Waals surface area contributed by atoms with E-state index in [1.807, 2.05) is 30.3 Å². The topological polar surface area (TPSA) is 68.0 Å². The van der Waals surface area contributed by atoms with Crippen LogP contribution in [-0.2, 0) is 6.54 Å². The van der Waals surface area contributed by atoms with Crippen LogP contribution >= 0.6 is 0 Å². The monoisotopic (exact) mass is 297 g/mol. The number of rotatable bonds is 4. The second kappa shape index (κ2) is 6.17. The van der Waals surface area contributed by atoms with Gasteiger partial charge in [0, 0.05) is 17.8 Å². The van der Waals surface area contributed by atoms with Gasteiger partial charge >= 0.3 is 0 Å². The highest BCUT2D eigenvalue weighted by Gasteiger charge is 2.12. The summed E-state index contributed by atoms with van der Waals surface area (Å²) in [6.07, 6.45) is 2.36. The molecular weight excluding hydrogens is 285 g/mol. The molecule has 2 heterocycles. The molecule has 0 radical (unpaired) electrons. The van der Waals surface area contributed by atoms with Crippen LogP contribution < -0.4 is 5.32 Å². The summed E-state index contributed by atoms with van der Waals surface area (Å²) in [6, 6.07) is 12.5. The van der Waals surface area contributed by atoms with E-state index in [2.05, 4.69) is 15.5 Å². The average Bonchev–Trinajstić information content (AvgIpc) is 3.03. The van der Waals surface area contributed by atoms with E-state index in [-0.39, 0.29) is 12.1 Å². The first-order chi connectivity index (χ1) is 10.7. The van der Waals surface area contributed by atoms with Crippen LogP contribution in [0.5, 0.6) is 0 Å². The van der Waals surface area contributed by atoms with Gasteiger partial charge in [-0.3, -0.25) is 9.78 Å². The van der Waals surface area contributed by atoms with E-state index in [1.165, 1.54) is 12.3 Å². The normalized spacial score (nSPS) is 10.4. The molecule has 0 spiro atoms. The molecule has 0 atom stereocenters. The van der Waals surface area contributed by atoms with Crippen LogP contribution in [0.3, 0.4) is 0 Å². The number of carbonyl (C=O) groups excluding carboxylic acids is 1. The molecular formula is C16H12FN3O2. The molecule has 0 saturated carbocycles. The number of nitrogens with zero attached hydrogens (tertiary/aromatic N) is 2. The zero-order valence-corrected chi connectivity index (χ0v) is 11.5. The molecule has 3 aromatic rings. The van der Waals surface area contributed by atoms with Gasteiger partial charge in [0.2, 0.25) is 0 Å². The van der Waals surface area contributed by atoms with Crippen LogP contribution in [0, 0.1) is 5.82 Å². The number of hydrogen-bond donors (Lipinski definition) is 1. The lowest BCUT2D eigenvalue weighted by atomic mass is 10.1. The maximum atomic E-state index is 13.4. The lowest BCUT2D eigenvalue weighted by Crippen LogP contribution is -2.24. The summed E-state index contributed by atoms with van der Waals surface area (Å²) in [6.45, 7) is 0.150. The zero-order valence-electron chi connectivity index (χ0n) is 11.5. The van der Waals surface area contributed by atoms with E-state index in [0.29, 0.717) is 11.5 Å². The Labute approximate surface area is 125 Å². The Morgan fingerprint density at radius 2 is 2.05 bits per heavy atom. The maximum absolute atomic E-state index is 13.4. The van der Waals surface area contributed by atoms with E-state index >= 15 is 0 Å². The van der Waals surface area contributed by atoms with Crippen LogP contribution in [0.4, 0.5) is 4.39 Å². The van der Waals surface area contributed by atoms with Crippen molar-refractivity contribution in [3.8, 4) is 11.3 Å². The molecule has 0 aliphatic carbocycles. The van der Waals surface area contributed by atoms with Crippen molar-refractivity contribution in [2.75, 3.05) is 0 Å². The minimum atomic E-state index is -0.662. The first-order valence-corrected chi connectivity index (χ1v) is 6.63. The predicted molar refractivity (Wildman–Crippen MR) is 77.3 cm³/mol. The summed E-state index contributed by atoms with van der Waals surface area (Å²) in [5.74, 6) is -0.575. The predicted octanol–water partition coefficient (Wildman–Crippen LogP) is 2.81. The van der Waals surface area contributed by atoms with Gasteiger partial charge in [-0.05, 0) is 6.07 Å². The Morgan fingerprint density at radius 1 is 1.23 bits per heavy atom. The molecule has 5 nitrogen and oxygen atoms in total. The Balaban J connectivity index is 1.67. The highest BCUT2D eigenvalue weighted by atomic mass is 19.1. The molecule has 22 heavy (non-hydrogen) atoms. The van der Waals surface area contributed by atoms with Crippen molar-refractivity contribution in [2.24, 2.45) is 0 Å². The second-order valence-corrected chi connectivity index (χ2v) is 4.59. The third kappa shape index (κ3) is 3.01. The lowest BCUT2D eigenvalue weighted by molar-refractivity contribution is 0.0946. The standard InChI is InChI=1S/C16H12FN3O2/c17-14-10-18-7-6-13(14)16(21)19-9-12-8-15(22-20-12)11-4-2-1-3-5-11/h1-8,10H,9H2,(H,19,21). The first-order valence-electron chi connectivity index (χ1n) is 6.63. The molecule has 1 N–H and O–H groups in total. The van der Waals surface area contributed by atoms with Gasteiger partial charge in [0.25, 0.3) is 5.91 Å². The van der Waals surface area contributed by atoms with Crippen molar-refractivity contribution in [1.82, 2.24) is 15.5 Å². The van der Waals surface area contributed by atoms with E-state index in [0.717, 1.165) is 11.8 Å². The number of amides is 1. The van der Waals surface area contributed by atoms with Gasteiger partial charge in [0.1, 0.15) is 5.69 Å². The SMILES string of the molecule is O=C(NCc1cc(-c2ccccc2)on1)c1ccncc1F. The van der Waals surface area contributed by atoms with Gasteiger partial charge in [-0.2, -0.15) is 0 Å². The number of benzene rings is 1. The highest BCUT2D eigenvalue weighted by molar-refractivity contribution is 5.94. The summed E-state index contributed by atoms with van der Waals surface area (Å²) in [5, 5.41) is 6.48. The quantitative estimate of drug-likeness (QED) is 0.804. The van der Waals surface area contributed by atoms with Gasteiger partial charge in [0.05, 0.1) is 18.3 Å². The minimum Gasteiger partial charge on any atom is -0.356 e. The van der Waals surface area contributed by atoms with Crippen molar-refractivity contribution in [3.63, 3.8) is 0 Å². The maximum Gasteiger partial charge on any atom is 0.254 e. The third-order valence-corrected chi connectivity index (χ3v) is 3.06. The molecule has 3 rings (SSSR count). The average molecular weight is 297 g/mol. The molecule has 1 aromatic carbocycles. The fourth-order valence-corrected chi connectivity index (χ4v) is 1.96. The number of hydrogen-bond acceptors (Lipinski definition) is 4. The van der Waals surface area contributed by atoms with Crippen molar-refractivity contribution >= 4 is 5.91 Å². The fourth-order valence-electron chi connectivity index (χ4n) is 1.96. The minimum absolute atomic E-state index is 0.0539. The first kappa shape index (κ1) is 13.9. The van der Waals surface area contributed by atoms with Gasteiger partial charge in [-0.1, -0.05) is 35.5 Å². The van der Waals surface area contributed by atoms with Crippen molar-refractivity contribution < 1.29 is 13.7 Å². The molecule has 2 aromatic heterocycles. The number of aromatic nitrogens is 2. The Hall–Kier alpha value is -3.02. The smallest absolute Gasteiger partial charge is 0.254 e. The summed E-state index contributed by atoms with van der Waals surface area (Å²) >= 11 is 0. The van der Waals surface area contributed by atoms with Crippen LogP contribution in [0.15, 0.2) is 59.4 Å². The van der Waals surface area contributed by atoms with Crippen LogP contribution in [0.1, 0.15) is 16.1 Å². The molecule has 110 valence electrons. The summed E-state index contributed by atoms with van der Waals surface area (Å²) < 4.78 is 18.7. The number of carbonyl (C=O) groups is 1. The largest absolute Gasteiger partial charge is 0.356 e. The second-order valence-electron chi connectivity index (χ2n) is 4.59. The molecule has 1 amide bonds. The fraction of sp³-hybridized carbons (Fsp3) is 0.0625. The summed E-state index contributed by atoms with van der Waals surface area (Å²) in [5.41, 5.74) is 1.40. The molecule has 0 unspecified atom stereocenters. The number of halogens is 1. The van der Waals surface area contributed by atoms with Crippen molar-refractivity contribution in [1.29, 1.82) is 0 Å². The Kier molecular flexibility index (Phi) is 3.91. The molecule has 0 bridgehead atoms. The van der Waals surface area contributed by atoms with Crippen LogP contribution in [0.25, 0.3) is 11.3 Å². The van der Waals surface area contributed by atoms with Crippen molar-refractivity contribution in [2.45, 2.75) is 6.54 Å². The molecule has 0 saturated heterocycles. The van der Waals surface area contributed by atoms with Gasteiger partial charge in [-0.25, -0.2) is 4.39 Å². The molecule has 0 aliphatic rings. The van der Waals surface area contributed by atoms with Gasteiger partial charge in [-0.15, -0.1) is 0 Å².